The van der Waals surface area contributed by atoms with Crippen LogP contribution in [0, 0.1) is 5.92 Å². The second-order valence-corrected chi connectivity index (χ2v) is 8.04. The van der Waals surface area contributed by atoms with Crippen LogP contribution in [0.15, 0.2) is 48.5 Å². The first-order chi connectivity index (χ1) is 14.1. The second kappa shape index (κ2) is 8.68. The lowest BCUT2D eigenvalue weighted by Crippen LogP contribution is -2.36. The van der Waals surface area contributed by atoms with Crippen molar-refractivity contribution in [1.29, 1.82) is 0 Å². The molecular weight excluding hydrogens is 366 g/mol. The van der Waals surface area contributed by atoms with Gasteiger partial charge in [0.25, 0.3) is 0 Å². The maximum Gasteiger partial charge on any atom is 0.409 e. The summed E-state index contributed by atoms with van der Waals surface area (Å²) in [5.41, 5.74) is 4.84. The largest absolute Gasteiger partial charge is 0.481 e. The van der Waals surface area contributed by atoms with Gasteiger partial charge >= 0.3 is 12.1 Å². The molecule has 1 aliphatic carbocycles. The summed E-state index contributed by atoms with van der Waals surface area (Å²) in [5.74, 6) is -0.569. The molecule has 1 saturated heterocycles. The van der Waals surface area contributed by atoms with E-state index in [2.05, 4.69) is 24.3 Å². The van der Waals surface area contributed by atoms with Gasteiger partial charge in [0, 0.05) is 25.4 Å². The highest BCUT2D eigenvalue weighted by molar-refractivity contribution is 5.79. The van der Waals surface area contributed by atoms with E-state index in [0.717, 1.165) is 25.7 Å². The molecule has 2 aromatic rings. The van der Waals surface area contributed by atoms with Crippen LogP contribution in [0.4, 0.5) is 4.79 Å². The van der Waals surface area contributed by atoms with Gasteiger partial charge in [-0.3, -0.25) is 4.79 Å². The second-order valence-electron chi connectivity index (χ2n) is 8.04. The van der Waals surface area contributed by atoms with Crippen molar-refractivity contribution >= 4 is 12.1 Å². The number of rotatable bonds is 4. The topological polar surface area (TPSA) is 66.8 Å². The minimum absolute atomic E-state index is 0.0564. The first kappa shape index (κ1) is 19.5. The number of aliphatic carboxylic acids is 1. The lowest BCUT2D eigenvalue weighted by molar-refractivity contribution is -0.138. The quantitative estimate of drug-likeness (QED) is 0.802. The molecule has 2 aromatic carbocycles. The molecule has 0 aromatic heterocycles. The zero-order valence-corrected chi connectivity index (χ0v) is 16.5. The molecule has 1 atom stereocenters. The molecule has 29 heavy (non-hydrogen) atoms. The number of nitrogens with zero attached hydrogens (tertiary/aromatic N) is 1. The average molecular weight is 393 g/mol. The first-order valence-corrected chi connectivity index (χ1v) is 10.4. The molecule has 2 aliphatic rings. The molecule has 152 valence electrons. The van der Waals surface area contributed by atoms with Gasteiger partial charge in [0.2, 0.25) is 0 Å². The normalized spacial score (nSPS) is 19.0. The maximum atomic E-state index is 12.8. The van der Waals surface area contributed by atoms with Crippen molar-refractivity contribution in [3.63, 3.8) is 0 Å². The van der Waals surface area contributed by atoms with Gasteiger partial charge in [-0.1, -0.05) is 55.0 Å². The van der Waals surface area contributed by atoms with E-state index in [1.54, 1.807) is 4.90 Å². The van der Waals surface area contributed by atoms with Crippen LogP contribution in [0.2, 0.25) is 0 Å². The molecule has 0 radical (unpaired) electrons. The fourth-order valence-corrected chi connectivity index (χ4v) is 4.65. The van der Waals surface area contributed by atoms with Crippen LogP contribution < -0.4 is 0 Å². The molecule has 1 fully saturated rings. The molecule has 1 unspecified atom stereocenters. The number of ether oxygens (including phenoxy) is 1. The first-order valence-electron chi connectivity index (χ1n) is 10.4. The molecule has 1 N–H and O–H groups in total. The number of carboxylic acids is 1. The molecule has 5 nitrogen and oxygen atoms in total. The molecule has 1 amide bonds. The summed E-state index contributed by atoms with van der Waals surface area (Å²) in [6.07, 6.45) is 3.37. The van der Waals surface area contributed by atoms with E-state index in [1.165, 1.54) is 22.3 Å². The van der Waals surface area contributed by atoms with Gasteiger partial charge < -0.3 is 14.7 Å². The summed E-state index contributed by atoms with van der Waals surface area (Å²) in [6.45, 7) is 1.56. The lowest BCUT2D eigenvalue weighted by Gasteiger charge is -2.28. The number of amides is 1. The number of carbonyl (C=O) groups excluding carboxylic acids is 1. The van der Waals surface area contributed by atoms with Gasteiger partial charge in [0.05, 0.1) is 0 Å². The van der Waals surface area contributed by atoms with Crippen LogP contribution in [-0.4, -0.2) is 41.8 Å². The van der Waals surface area contributed by atoms with Crippen molar-refractivity contribution in [2.24, 2.45) is 5.92 Å². The Hall–Kier alpha value is -2.82. The Kier molecular flexibility index (Phi) is 5.84. The number of carboxylic acid groups (broad SMARTS) is 1. The summed E-state index contributed by atoms with van der Waals surface area (Å²) in [4.78, 5) is 25.5. The fraction of sp³-hybridized carbons (Fsp3) is 0.417. The highest BCUT2D eigenvalue weighted by Crippen LogP contribution is 2.44. The van der Waals surface area contributed by atoms with Gasteiger partial charge in [-0.15, -0.1) is 0 Å². The van der Waals surface area contributed by atoms with Crippen LogP contribution in [0.1, 0.15) is 49.1 Å². The van der Waals surface area contributed by atoms with Crippen molar-refractivity contribution in [3.05, 3.63) is 59.7 Å². The average Bonchev–Trinajstić information content (AvgIpc) is 3.02. The van der Waals surface area contributed by atoms with E-state index in [-0.39, 0.29) is 24.3 Å². The Labute approximate surface area is 171 Å². The molecule has 5 heteroatoms. The van der Waals surface area contributed by atoms with E-state index in [1.807, 2.05) is 24.3 Å². The monoisotopic (exact) mass is 393 g/mol. The fourth-order valence-electron chi connectivity index (χ4n) is 4.65. The zero-order chi connectivity index (χ0) is 20.2. The summed E-state index contributed by atoms with van der Waals surface area (Å²) >= 11 is 0. The minimum Gasteiger partial charge on any atom is -0.481 e. The van der Waals surface area contributed by atoms with Crippen LogP contribution in [-0.2, 0) is 9.53 Å². The van der Waals surface area contributed by atoms with Gasteiger partial charge in [0.1, 0.15) is 6.61 Å². The number of hydrogen-bond donors (Lipinski definition) is 1. The maximum absolute atomic E-state index is 12.8. The Morgan fingerprint density at radius 2 is 1.59 bits per heavy atom. The molecule has 0 spiro atoms. The number of fused-ring (bicyclic) bond motifs is 3. The van der Waals surface area contributed by atoms with Crippen LogP contribution in [0.5, 0.6) is 0 Å². The molecule has 1 aliphatic heterocycles. The van der Waals surface area contributed by atoms with Gasteiger partial charge in [-0.25, -0.2) is 4.79 Å². The van der Waals surface area contributed by atoms with E-state index < -0.39 is 5.97 Å². The predicted octanol–water partition coefficient (Wildman–Crippen LogP) is 4.90. The van der Waals surface area contributed by atoms with Gasteiger partial charge in [-0.2, -0.15) is 0 Å². The lowest BCUT2D eigenvalue weighted by atomic mass is 9.93. The Morgan fingerprint density at radius 3 is 2.24 bits per heavy atom. The third kappa shape index (κ3) is 4.29. The van der Waals surface area contributed by atoms with E-state index in [4.69, 9.17) is 9.84 Å². The molecule has 0 saturated carbocycles. The van der Waals surface area contributed by atoms with Crippen LogP contribution >= 0.6 is 0 Å². The summed E-state index contributed by atoms with van der Waals surface area (Å²) in [7, 11) is 0. The summed E-state index contributed by atoms with van der Waals surface area (Å²) in [5, 5.41) is 9.06. The molecular formula is C24H27NO4. The molecule has 1 heterocycles. The Bertz CT molecular complexity index is 848. The van der Waals surface area contributed by atoms with Crippen molar-refractivity contribution in [1.82, 2.24) is 4.90 Å². The number of likely N-dealkylation sites (tertiary alicyclic amines) is 1. The van der Waals surface area contributed by atoms with Crippen molar-refractivity contribution in [2.45, 2.75) is 38.0 Å². The van der Waals surface area contributed by atoms with Crippen molar-refractivity contribution in [2.75, 3.05) is 19.7 Å². The van der Waals surface area contributed by atoms with Crippen LogP contribution in [0.3, 0.4) is 0 Å². The minimum atomic E-state index is -0.761. The van der Waals surface area contributed by atoms with E-state index in [0.29, 0.717) is 19.7 Å². The number of hydrogen-bond acceptors (Lipinski definition) is 3. The van der Waals surface area contributed by atoms with E-state index >= 15 is 0 Å². The third-order valence-electron chi connectivity index (χ3n) is 6.16. The summed E-state index contributed by atoms with van der Waals surface area (Å²) < 4.78 is 5.76. The molecule has 0 bridgehead atoms. The predicted molar refractivity (Wildman–Crippen MR) is 111 cm³/mol. The van der Waals surface area contributed by atoms with Crippen molar-refractivity contribution < 1.29 is 19.4 Å². The highest BCUT2D eigenvalue weighted by atomic mass is 16.6. The number of benzene rings is 2. The third-order valence-corrected chi connectivity index (χ3v) is 6.16. The van der Waals surface area contributed by atoms with E-state index in [9.17, 15) is 9.59 Å². The number of carbonyl (C=O) groups is 2. The zero-order valence-electron chi connectivity index (χ0n) is 16.5. The highest BCUT2D eigenvalue weighted by Gasteiger charge is 2.30. The van der Waals surface area contributed by atoms with Crippen LogP contribution in [0.25, 0.3) is 11.1 Å². The Morgan fingerprint density at radius 1 is 0.931 bits per heavy atom. The van der Waals surface area contributed by atoms with Gasteiger partial charge in [-0.05, 0) is 47.4 Å². The SMILES string of the molecule is O=C(O)CC1CCCCN(C(=O)OCC2c3ccccc3-c3ccccc32)CC1. The molecule has 4 rings (SSSR count). The summed E-state index contributed by atoms with van der Waals surface area (Å²) in [6, 6.07) is 16.6. The standard InChI is InChI=1S/C24H27NO4/c26-23(27)15-17-7-5-6-13-25(14-12-17)24(28)29-16-22-20-10-3-1-8-18(20)19-9-2-4-11-21(19)22/h1-4,8-11,17,22H,5-7,12-16H2,(H,26,27). The van der Waals surface area contributed by atoms with Crippen molar-refractivity contribution in [3.8, 4) is 11.1 Å². The smallest absolute Gasteiger partial charge is 0.409 e. The Balaban J connectivity index is 1.41. The van der Waals surface area contributed by atoms with Gasteiger partial charge in [0.15, 0.2) is 0 Å².